The van der Waals surface area contributed by atoms with Crippen LogP contribution in [0.5, 0.6) is 0 Å². The summed E-state index contributed by atoms with van der Waals surface area (Å²) in [6.07, 6.45) is 8.42. The minimum atomic E-state index is -4.29. The number of rotatable bonds is 18. The fraction of sp³-hybridized carbons (Fsp3) is 0.708. The van der Waals surface area contributed by atoms with E-state index in [0.29, 0.717) is 10.9 Å². The third-order valence-corrected chi connectivity index (χ3v) is 6.18. The zero-order valence-electron chi connectivity index (χ0n) is 20.7. The van der Waals surface area contributed by atoms with Gasteiger partial charge in [0.2, 0.25) is 0 Å². The van der Waals surface area contributed by atoms with Crippen LogP contribution in [-0.4, -0.2) is 66.3 Å². The molecule has 1 rings (SSSR count). The number of benzene rings is 1. The molecule has 1 unspecified atom stereocenters. The maximum Gasteiger partial charge on any atom is 0.472 e. The zero-order chi connectivity index (χ0) is 24.0. The molecule has 0 saturated carbocycles. The number of nitrogens with zero attached hydrogens (tertiary/aromatic N) is 1. The van der Waals surface area contributed by atoms with E-state index in [1.54, 1.807) is 0 Å². The van der Waals surface area contributed by atoms with Crippen molar-refractivity contribution in [3.8, 4) is 0 Å². The van der Waals surface area contributed by atoms with Gasteiger partial charge in [0.1, 0.15) is 12.6 Å². The van der Waals surface area contributed by atoms with Crippen molar-refractivity contribution in [1.82, 2.24) is 0 Å². The minimum absolute atomic E-state index is 0. The molecule has 0 radical (unpaired) electrons. The van der Waals surface area contributed by atoms with Gasteiger partial charge in [0.15, 0.2) is 0 Å². The van der Waals surface area contributed by atoms with Crippen LogP contribution in [0.25, 0.3) is 0 Å². The Hall–Kier alpha value is -1.28. The first-order valence-electron chi connectivity index (χ1n) is 11.8. The summed E-state index contributed by atoms with van der Waals surface area (Å²) < 4.78 is 22.9. The Balaban J connectivity index is 0.0000102. The Morgan fingerprint density at radius 1 is 1.03 bits per heavy atom. The maximum atomic E-state index is 12.2. The third-order valence-electron chi connectivity index (χ3n) is 5.11. The number of phosphoric acid groups is 1. The van der Waals surface area contributed by atoms with Crippen molar-refractivity contribution in [3.63, 3.8) is 0 Å². The van der Waals surface area contributed by atoms with Gasteiger partial charge in [-0.3, -0.25) is 13.8 Å². The van der Waals surface area contributed by atoms with E-state index in [1.807, 2.05) is 21.1 Å². The molecule has 9 heteroatoms. The normalized spacial score (nSPS) is 14.3. The highest BCUT2D eigenvalue weighted by Crippen LogP contribution is 2.45. The van der Waals surface area contributed by atoms with Crippen LogP contribution in [0.4, 0.5) is 0 Å². The van der Waals surface area contributed by atoms with E-state index in [-0.39, 0.29) is 25.0 Å². The van der Waals surface area contributed by atoms with E-state index in [4.69, 9.17) is 14.2 Å². The van der Waals surface area contributed by atoms with Gasteiger partial charge >= 0.3 is 13.8 Å². The number of hydrogen-bond donors (Lipinski definition) is 2. The standard InChI is InChI=1S/C24H42NO6P.H2O/c1-5-6-7-9-13-21-15-12-16-22(18-21)14-10-8-11-17-30-32(28,29)31-23(19-24(26)27)20-25(2,3)4;/h12,15-16,18,23H,5-11,13-14,17,19-20H2,1-4H3,(H-,26,27,28,29);1H2/t23-;/m1./s1. The SMILES string of the molecule is CCCCCCc1cccc(CCCCCOP(=O)(O)O[C@H](CC(=O)O)C[N+](C)(C)C)c1.[OH-]. The molecule has 0 fully saturated rings. The van der Waals surface area contributed by atoms with E-state index >= 15 is 0 Å². The monoisotopic (exact) mass is 489 g/mol. The summed E-state index contributed by atoms with van der Waals surface area (Å²) in [5.74, 6) is -1.08. The van der Waals surface area contributed by atoms with E-state index in [0.717, 1.165) is 25.7 Å². The van der Waals surface area contributed by atoms with Crippen LogP contribution in [0.15, 0.2) is 24.3 Å². The van der Waals surface area contributed by atoms with Crippen molar-refractivity contribution < 1.29 is 38.4 Å². The second-order valence-electron chi connectivity index (χ2n) is 9.54. The molecule has 0 bridgehead atoms. The molecule has 1 aromatic rings. The summed E-state index contributed by atoms with van der Waals surface area (Å²) in [4.78, 5) is 21.0. The number of carboxylic acids is 1. The van der Waals surface area contributed by atoms with Crippen molar-refractivity contribution in [3.05, 3.63) is 35.4 Å². The molecule has 0 aliphatic rings. The van der Waals surface area contributed by atoms with Crippen molar-refractivity contribution in [1.29, 1.82) is 0 Å². The Morgan fingerprint density at radius 2 is 1.61 bits per heavy atom. The molecule has 192 valence electrons. The van der Waals surface area contributed by atoms with Crippen LogP contribution < -0.4 is 0 Å². The number of hydrogen-bond acceptors (Lipinski definition) is 5. The topological polar surface area (TPSA) is 123 Å². The van der Waals surface area contributed by atoms with E-state index in [2.05, 4.69) is 31.2 Å². The van der Waals surface area contributed by atoms with Crippen molar-refractivity contribution in [2.24, 2.45) is 0 Å². The highest BCUT2D eigenvalue weighted by Gasteiger charge is 2.31. The maximum absolute atomic E-state index is 12.2. The molecule has 0 saturated heterocycles. The summed E-state index contributed by atoms with van der Waals surface area (Å²) in [5.41, 5.74) is 2.72. The van der Waals surface area contributed by atoms with Crippen LogP contribution in [0, 0.1) is 0 Å². The lowest BCUT2D eigenvalue weighted by molar-refractivity contribution is -0.873. The molecule has 2 atom stereocenters. The second kappa shape index (κ2) is 16.4. The van der Waals surface area contributed by atoms with E-state index < -0.39 is 19.9 Å². The highest BCUT2D eigenvalue weighted by molar-refractivity contribution is 7.47. The Bertz CT molecular complexity index is 721. The Kier molecular flexibility index (Phi) is 15.7. The quantitative estimate of drug-likeness (QED) is 0.168. The average molecular weight is 490 g/mol. The summed E-state index contributed by atoms with van der Waals surface area (Å²) in [5, 5.41) is 9.03. The molecule has 0 aromatic heterocycles. The molecule has 8 nitrogen and oxygen atoms in total. The first-order chi connectivity index (χ1) is 15.0. The van der Waals surface area contributed by atoms with E-state index in [9.17, 15) is 14.3 Å². The lowest BCUT2D eigenvalue weighted by Gasteiger charge is -2.29. The number of carboxylic acid groups (broad SMARTS) is 1. The van der Waals surface area contributed by atoms with Gasteiger partial charge in [-0.2, -0.15) is 0 Å². The Labute approximate surface area is 199 Å². The van der Waals surface area contributed by atoms with Gasteiger partial charge < -0.3 is 20.0 Å². The molecule has 1 aromatic carbocycles. The number of phosphoric ester groups is 1. The van der Waals surface area contributed by atoms with Crippen LogP contribution in [-0.2, 0) is 31.2 Å². The molecule has 0 aliphatic heterocycles. The smallest absolute Gasteiger partial charge is 0.472 e. The number of carbonyl (C=O) groups is 1. The summed E-state index contributed by atoms with van der Waals surface area (Å²) in [7, 11) is 1.30. The lowest BCUT2D eigenvalue weighted by atomic mass is 10.0. The van der Waals surface area contributed by atoms with Crippen molar-refractivity contribution >= 4 is 13.8 Å². The molecule has 0 heterocycles. The molecular formula is C24H44NO7P. The first kappa shape index (κ1) is 31.7. The van der Waals surface area contributed by atoms with Gasteiger partial charge in [0, 0.05) is 0 Å². The van der Waals surface area contributed by atoms with Crippen LogP contribution in [0.1, 0.15) is 69.4 Å². The van der Waals surface area contributed by atoms with E-state index in [1.165, 1.54) is 36.8 Å². The Morgan fingerprint density at radius 3 is 2.12 bits per heavy atom. The summed E-state index contributed by atoms with van der Waals surface area (Å²) in [6, 6.07) is 8.75. The van der Waals surface area contributed by atoms with Gasteiger partial charge in [-0.05, 0) is 43.2 Å². The lowest BCUT2D eigenvalue weighted by Crippen LogP contribution is -2.42. The van der Waals surface area contributed by atoms with Crippen molar-refractivity contribution in [2.45, 2.75) is 77.2 Å². The van der Waals surface area contributed by atoms with Gasteiger partial charge in [-0.1, -0.05) is 56.9 Å². The van der Waals surface area contributed by atoms with Crippen LogP contribution >= 0.6 is 7.82 Å². The van der Waals surface area contributed by atoms with Crippen LogP contribution in [0.3, 0.4) is 0 Å². The van der Waals surface area contributed by atoms with Crippen LogP contribution in [0.2, 0.25) is 0 Å². The van der Waals surface area contributed by atoms with Gasteiger partial charge in [-0.25, -0.2) is 4.57 Å². The molecule has 3 N–H and O–H groups in total. The van der Waals surface area contributed by atoms with Gasteiger partial charge in [-0.15, -0.1) is 0 Å². The number of aliphatic carboxylic acids is 1. The second-order valence-corrected chi connectivity index (χ2v) is 10.9. The fourth-order valence-corrected chi connectivity index (χ4v) is 4.58. The predicted octanol–water partition coefficient (Wildman–Crippen LogP) is 5.03. The molecule has 33 heavy (non-hydrogen) atoms. The predicted molar refractivity (Wildman–Crippen MR) is 130 cm³/mol. The third kappa shape index (κ3) is 16.9. The largest absolute Gasteiger partial charge is 0.870 e. The number of likely N-dealkylation sites (N-methyl/N-ethyl adjacent to an activating group) is 1. The highest BCUT2D eigenvalue weighted by atomic mass is 31.2. The molecule has 0 spiro atoms. The van der Waals surface area contributed by atoms with Gasteiger partial charge in [0.05, 0.1) is 34.2 Å². The molecule has 0 amide bonds. The molecular weight excluding hydrogens is 445 g/mol. The fourth-order valence-electron chi connectivity index (χ4n) is 3.64. The van der Waals surface area contributed by atoms with Gasteiger partial charge in [0.25, 0.3) is 0 Å². The van der Waals surface area contributed by atoms with Crippen molar-refractivity contribution in [2.75, 3.05) is 34.3 Å². The first-order valence-corrected chi connectivity index (χ1v) is 13.3. The average Bonchev–Trinajstić information content (AvgIpc) is 2.66. The number of quaternary nitrogens is 1. The minimum Gasteiger partial charge on any atom is -0.870 e. The summed E-state index contributed by atoms with van der Waals surface area (Å²) >= 11 is 0. The molecule has 0 aliphatic carbocycles. The number of unbranched alkanes of at least 4 members (excludes halogenated alkanes) is 5. The summed E-state index contributed by atoms with van der Waals surface area (Å²) in [6.45, 7) is 2.62. The zero-order valence-corrected chi connectivity index (χ0v) is 21.6. The number of aryl methyl sites for hydroxylation is 2.